The van der Waals surface area contributed by atoms with Crippen molar-refractivity contribution in [3.8, 4) is 0 Å². The van der Waals surface area contributed by atoms with E-state index in [0.29, 0.717) is 12.8 Å². The Labute approximate surface area is 94.5 Å². The van der Waals surface area contributed by atoms with Gasteiger partial charge in [0.25, 0.3) is 10.1 Å². The van der Waals surface area contributed by atoms with Crippen LogP contribution in [0, 0.1) is 11.8 Å². The monoisotopic (exact) mass is 251 g/mol. The summed E-state index contributed by atoms with van der Waals surface area (Å²) in [5.74, 6) is -0.188. The molecule has 0 spiro atoms. The zero-order chi connectivity index (χ0) is 11.9. The van der Waals surface area contributed by atoms with Gasteiger partial charge in [-0.15, -0.1) is 0 Å². The van der Waals surface area contributed by atoms with E-state index in [1.165, 1.54) is 0 Å². The van der Waals surface area contributed by atoms with Crippen molar-refractivity contribution in [2.45, 2.75) is 36.9 Å². The van der Waals surface area contributed by atoms with Crippen molar-refractivity contribution in [3.63, 3.8) is 0 Å². The lowest BCUT2D eigenvalue weighted by Crippen LogP contribution is -2.40. The van der Waals surface area contributed by atoms with Crippen LogP contribution in [0.2, 0.25) is 0 Å². The minimum Gasteiger partial charge on any atom is -0.366 e. The van der Waals surface area contributed by atoms with Gasteiger partial charge in [0.2, 0.25) is 0 Å². The fourth-order valence-corrected chi connectivity index (χ4v) is 3.84. The quantitative estimate of drug-likeness (QED) is 0.453. The van der Waals surface area contributed by atoms with E-state index in [0.717, 1.165) is 6.42 Å². The Hall–Kier alpha value is -0.210. The van der Waals surface area contributed by atoms with Gasteiger partial charge in [0.15, 0.2) is 6.29 Å². The fraction of sp³-hybridized carbons (Fsp3) is 1.00. The zero-order valence-corrected chi connectivity index (χ0v) is 9.64. The second kappa shape index (κ2) is 4.23. The zero-order valence-electron chi connectivity index (χ0n) is 8.82. The molecule has 1 aliphatic carbocycles. The average Bonchev–Trinajstić information content (AvgIpc) is 2.93. The predicted octanol–water partition coefficient (Wildman–Crippen LogP) is -0.665. The molecule has 0 aromatic rings. The lowest BCUT2D eigenvalue weighted by Gasteiger charge is -2.32. The van der Waals surface area contributed by atoms with Crippen LogP contribution in [-0.2, 0) is 14.9 Å². The average molecular weight is 251 g/mol. The third-order valence-electron chi connectivity index (χ3n) is 3.62. The highest BCUT2D eigenvalue weighted by molar-refractivity contribution is 7.86. The van der Waals surface area contributed by atoms with Crippen molar-refractivity contribution in [3.05, 3.63) is 0 Å². The molecular weight excluding hydrogens is 234 g/mol. The number of nitrogens with two attached hydrogens (primary N) is 1. The van der Waals surface area contributed by atoms with Crippen molar-refractivity contribution in [2.24, 2.45) is 17.6 Å². The molecule has 1 saturated heterocycles. The molecule has 0 aromatic carbocycles. The van der Waals surface area contributed by atoms with E-state index in [1.807, 2.05) is 0 Å². The van der Waals surface area contributed by atoms with Crippen LogP contribution < -0.4 is 5.73 Å². The van der Waals surface area contributed by atoms with Gasteiger partial charge in [0.05, 0.1) is 5.25 Å². The highest BCUT2D eigenvalue weighted by Crippen LogP contribution is 2.40. The lowest BCUT2D eigenvalue weighted by atomic mass is 9.80. The predicted molar refractivity (Wildman–Crippen MR) is 56.1 cm³/mol. The van der Waals surface area contributed by atoms with E-state index in [-0.39, 0.29) is 24.5 Å². The molecule has 1 saturated carbocycles. The first-order chi connectivity index (χ1) is 7.43. The smallest absolute Gasteiger partial charge is 0.268 e. The summed E-state index contributed by atoms with van der Waals surface area (Å²) in [6, 6.07) is 0. The van der Waals surface area contributed by atoms with Crippen LogP contribution in [0.5, 0.6) is 0 Å². The molecule has 0 aromatic heterocycles. The first-order valence-electron chi connectivity index (χ1n) is 5.43. The van der Waals surface area contributed by atoms with Gasteiger partial charge in [-0.2, -0.15) is 8.42 Å². The molecule has 1 aliphatic heterocycles. The Bertz CT molecular complexity index is 357. The second-order valence-electron chi connectivity index (χ2n) is 4.61. The minimum absolute atomic E-state index is 0.00437. The van der Waals surface area contributed by atoms with Crippen molar-refractivity contribution in [1.29, 1.82) is 0 Å². The van der Waals surface area contributed by atoms with E-state index in [4.69, 9.17) is 20.1 Å². The molecule has 2 aliphatic rings. The molecule has 5 unspecified atom stereocenters. The molecule has 0 radical (unpaired) electrons. The maximum absolute atomic E-state index is 11.2. The third-order valence-corrected chi connectivity index (χ3v) is 4.96. The Kier molecular flexibility index (Phi) is 3.24. The number of hydrogen-bond acceptors (Lipinski definition) is 5. The maximum Gasteiger partial charge on any atom is 0.268 e. The summed E-state index contributed by atoms with van der Waals surface area (Å²) in [5, 5.41) is 8.32. The molecular formula is C9H17NO5S. The van der Waals surface area contributed by atoms with Gasteiger partial charge in [-0.3, -0.25) is 4.55 Å². The van der Waals surface area contributed by atoms with Gasteiger partial charge in [-0.1, -0.05) is 0 Å². The number of hydrogen-bond donors (Lipinski definition) is 3. The summed E-state index contributed by atoms with van der Waals surface area (Å²) in [4.78, 5) is 0. The topological polar surface area (TPSA) is 113 Å². The molecule has 2 rings (SSSR count). The number of rotatable bonds is 3. The normalized spacial score (nSPS) is 44.3. The largest absolute Gasteiger partial charge is 0.366 e. The third kappa shape index (κ3) is 2.38. The molecule has 7 heteroatoms. The summed E-state index contributed by atoms with van der Waals surface area (Å²) in [7, 11) is -4.06. The summed E-state index contributed by atoms with van der Waals surface area (Å²) in [5.41, 5.74) is 5.50. The minimum atomic E-state index is -4.06. The second-order valence-corrected chi connectivity index (χ2v) is 6.25. The van der Waals surface area contributed by atoms with Crippen LogP contribution in [0.25, 0.3) is 0 Å². The SMILES string of the molecule is NCC1CCC(C2OC2O)CC1S(=O)(=O)O. The molecule has 94 valence electrons. The molecule has 5 atom stereocenters. The van der Waals surface area contributed by atoms with Crippen molar-refractivity contribution >= 4 is 10.1 Å². The summed E-state index contributed by atoms with van der Waals surface area (Å²) >= 11 is 0. The summed E-state index contributed by atoms with van der Waals surface area (Å²) in [6.07, 6.45) is 0.737. The van der Waals surface area contributed by atoms with E-state index in [1.54, 1.807) is 0 Å². The Morgan fingerprint density at radius 1 is 1.38 bits per heavy atom. The maximum atomic E-state index is 11.2. The van der Waals surface area contributed by atoms with E-state index in [2.05, 4.69) is 0 Å². The van der Waals surface area contributed by atoms with Crippen molar-refractivity contribution in [1.82, 2.24) is 0 Å². The fourth-order valence-electron chi connectivity index (χ4n) is 2.62. The van der Waals surface area contributed by atoms with Crippen LogP contribution in [-0.4, -0.2) is 42.3 Å². The van der Waals surface area contributed by atoms with Gasteiger partial charge in [-0.25, -0.2) is 0 Å². The Balaban J connectivity index is 2.06. The van der Waals surface area contributed by atoms with E-state index in [9.17, 15) is 8.42 Å². The van der Waals surface area contributed by atoms with Crippen LogP contribution >= 0.6 is 0 Å². The Morgan fingerprint density at radius 3 is 2.44 bits per heavy atom. The highest BCUT2D eigenvalue weighted by atomic mass is 32.2. The lowest BCUT2D eigenvalue weighted by molar-refractivity contribution is 0.154. The van der Waals surface area contributed by atoms with Gasteiger partial charge >= 0.3 is 0 Å². The first kappa shape index (κ1) is 12.3. The first-order valence-corrected chi connectivity index (χ1v) is 6.93. The van der Waals surface area contributed by atoms with Gasteiger partial charge in [0, 0.05) is 0 Å². The van der Waals surface area contributed by atoms with Crippen molar-refractivity contribution < 1.29 is 22.8 Å². The standard InChI is InChI=1S/C9H17NO5S/c10-4-6-2-1-5(8-9(11)15-8)3-7(6)16(12,13)14/h5-9,11H,1-4,10H2,(H,12,13,14). The molecule has 6 nitrogen and oxygen atoms in total. The van der Waals surface area contributed by atoms with Gasteiger partial charge in [-0.05, 0) is 37.6 Å². The van der Waals surface area contributed by atoms with Crippen LogP contribution in [0.4, 0.5) is 0 Å². The van der Waals surface area contributed by atoms with Gasteiger partial charge in [0.1, 0.15) is 6.10 Å². The molecule has 0 amide bonds. The van der Waals surface area contributed by atoms with Crippen LogP contribution in [0.1, 0.15) is 19.3 Å². The molecule has 2 fully saturated rings. The van der Waals surface area contributed by atoms with Crippen molar-refractivity contribution in [2.75, 3.05) is 6.54 Å². The van der Waals surface area contributed by atoms with Crippen LogP contribution in [0.3, 0.4) is 0 Å². The molecule has 1 heterocycles. The molecule has 4 N–H and O–H groups in total. The molecule has 0 bridgehead atoms. The van der Waals surface area contributed by atoms with E-state index >= 15 is 0 Å². The number of epoxide rings is 1. The van der Waals surface area contributed by atoms with Gasteiger partial charge < -0.3 is 15.6 Å². The number of aliphatic hydroxyl groups excluding tert-OH is 1. The Morgan fingerprint density at radius 2 is 2.00 bits per heavy atom. The summed E-state index contributed by atoms with van der Waals surface area (Å²) in [6.45, 7) is 0.255. The number of ether oxygens (including phenoxy) is 1. The van der Waals surface area contributed by atoms with Crippen LogP contribution in [0.15, 0.2) is 0 Å². The highest BCUT2D eigenvalue weighted by Gasteiger charge is 2.48. The number of aliphatic hydroxyl groups is 1. The van der Waals surface area contributed by atoms with E-state index < -0.39 is 21.7 Å². The molecule has 16 heavy (non-hydrogen) atoms. The summed E-state index contributed by atoms with van der Waals surface area (Å²) < 4.78 is 36.5.